The van der Waals surface area contributed by atoms with Crippen molar-refractivity contribution < 1.29 is 4.74 Å². The first-order chi connectivity index (χ1) is 5.90. The van der Waals surface area contributed by atoms with E-state index in [-0.39, 0.29) is 0 Å². The largest absolute Gasteiger partial charge is 0.383 e. The molecule has 2 fully saturated rings. The predicted molar refractivity (Wildman–Crippen MR) is 49.1 cm³/mol. The lowest BCUT2D eigenvalue weighted by Gasteiger charge is -2.11. The van der Waals surface area contributed by atoms with Crippen LogP contribution in [0.25, 0.3) is 0 Å². The van der Waals surface area contributed by atoms with Gasteiger partial charge in [-0.05, 0) is 43.6 Å². The van der Waals surface area contributed by atoms with Crippen molar-refractivity contribution in [3.63, 3.8) is 0 Å². The molecule has 0 amide bonds. The first-order valence-corrected chi connectivity index (χ1v) is 5.10. The van der Waals surface area contributed by atoms with Crippen LogP contribution in [0.1, 0.15) is 19.3 Å². The summed E-state index contributed by atoms with van der Waals surface area (Å²) in [7, 11) is 1.76. The first kappa shape index (κ1) is 8.52. The Morgan fingerprint density at radius 1 is 1.25 bits per heavy atom. The van der Waals surface area contributed by atoms with Gasteiger partial charge in [-0.25, -0.2) is 0 Å². The van der Waals surface area contributed by atoms with Gasteiger partial charge in [0.1, 0.15) is 0 Å². The van der Waals surface area contributed by atoms with Crippen LogP contribution in [-0.2, 0) is 4.74 Å². The molecule has 0 aromatic heterocycles. The van der Waals surface area contributed by atoms with E-state index in [0.29, 0.717) is 0 Å². The van der Waals surface area contributed by atoms with Crippen molar-refractivity contribution in [1.82, 2.24) is 5.32 Å². The van der Waals surface area contributed by atoms with Crippen molar-refractivity contribution in [3.8, 4) is 0 Å². The van der Waals surface area contributed by atoms with Crippen LogP contribution in [0.3, 0.4) is 0 Å². The predicted octanol–water partition coefficient (Wildman–Crippen LogP) is 1.27. The number of nitrogens with one attached hydrogen (secondary N) is 1. The number of hydrogen-bond acceptors (Lipinski definition) is 2. The van der Waals surface area contributed by atoms with Gasteiger partial charge in [0.15, 0.2) is 0 Å². The number of rotatable bonds is 5. The monoisotopic (exact) mass is 169 g/mol. The Hall–Kier alpha value is -0.0800. The van der Waals surface area contributed by atoms with Gasteiger partial charge < -0.3 is 10.1 Å². The van der Waals surface area contributed by atoms with E-state index in [9.17, 15) is 0 Å². The number of fused-ring (bicyclic) bond motifs is 1. The van der Waals surface area contributed by atoms with Gasteiger partial charge in [0.05, 0.1) is 6.61 Å². The fourth-order valence-electron chi connectivity index (χ4n) is 2.49. The normalized spacial score (nSPS) is 38.2. The summed E-state index contributed by atoms with van der Waals surface area (Å²) in [5.41, 5.74) is 0. The Balaban J connectivity index is 1.50. The van der Waals surface area contributed by atoms with Gasteiger partial charge in [-0.1, -0.05) is 0 Å². The second-order valence-corrected chi connectivity index (χ2v) is 4.29. The van der Waals surface area contributed by atoms with E-state index in [0.717, 1.165) is 30.9 Å². The Morgan fingerprint density at radius 3 is 2.67 bits per heavy atom. The third-order valence-corrected chi connectivity index (χ3v) is 3.26. The Bertz CT molecular complexity index is 139. The zero-order valence-corrected chi connectivity index (χ0v) is 7.88. The molecule has 12 heavy (non-hydrogen) atoms. The Morgan fingerprint density at radius 2 is 2.00 bits per heavy atom. The van der Waals surface area contributed by atoms with Crippen molar-refractivity contribution in [2.75, 3.05) is 26.8 Å². The summed E-state index contributed by atoms with van der Waals surface area (Å²) in [4.78, 5) is 0. The highest BCUT2D eigenvalue weighted by Crippen LogP contribution is 2.54. The lowest BCUT2D eigenvalue weighted by Crippen LogP contribution is -2.25. The fraction of sp³-hybridized carbons (Fsp3) is 1.00. The highest BCUT2D eigenvalue weighted by Gasteiger charge is 2.45. The third kappa shape index (κ3) is 1.99. The Labute approximate surface area is 74.7 Å². The van der Waals surface area contributed by atoms with Crippen LogP contribution in [0.4, 0.5) is 0 Å². The van der Waals surface area contributed by atoms with Crippen LogP contribution in [0, 0.1) is 17.8 Å². The maximum Gasteiger partial charge on any atom is 0.0587 e. The van der Waals surface area contributed by atoms with Crippen LogP contribution < -0.4 is 5.32 Å². The van der Waals surface area contributed by atoms with Gasteiger partial charge in [0.25, 0.3) is 0 Å². The minimum Gasteiger partial charge on any atom is -0.383 e. The van der Waals surface area contributed by atoms with Crippen LogP contribution in [-0.4, -0.2) is 26.8 Å². The molecule has 2 aliphatic carbocycles. The van der Waals surface area contributed by atoms with Crippen molar-refractivity contribution >= 4 is 0 Å². The first-order valence-electron chi connectivity index (χ1n) is 5.10. The van der Waals surface area contributed by atoms with E-state index in [4.69, 9.17) is 4.74 Å². The van der Waals surface area contributed by atoms with Crippen molar-refractivity contribution in [1.29, 1.82) is 0 Å². The zero-order valence-electron chi connectivity index (χ0n) is 7.88. The summed E-state index contributed by atoms with van der Waals surface area (Å²) < 4.78 is 4.97. The van der Waals surface area contributed by atoms with Crippen LogP contribution in [0.15, 0.2) is 0 Å². The molecule has 1 N–H and O–H groups in total. The minimum atomic E-state index is 0.847. The van der Waals surface area contributed by atoms with Crippen LogP contribution >= 0.6 is 0 Å². The molecule has 0 heterocycles. The highest BCUT2D eigenvalue weighted by atomic mass is 16.5. The Kier molecular flexibility index (Phi) is 2.66. The van der Waals surface area contributed by atoms with Gasteiger partial charge in [0.2, 0.25) is 0 Å². The second-order valence-electron chi connectivity index (χ2n) is 4.29. The van der Waals surface area contributed by atoms with Gasteiger partial charge in [-0.15, -0.1) is 0 Å². The van der Waals surface area contributed by atoms with Crippen LogP contribution in [0.5, 0.6) is 0 Å². The molecule has 2 atom stereocenters. The number of hydrogen-bond donors (Lipinski definition) is 1. The lowest BCUT2D eigenvalue weighted by molar-refractivity contribution is 0.197. The number of ether oxygens (including phenoxy) is 1. The molecule has 0 aliphatic heterocycles. The van der Waals surface area contributed by atoms with Gasteiger partial charge in [0, 0.05) is 13.7 Å². The van der Waals surface area contributed by atoms with Gasteiger partial charge >= 0.3 is 0 Å². The van der Waals surface area contributed by atoms with E-state index in [1.807, 2.05) is 0 Å². The summed E-state index contributed by atoms with van der Waals surface area (Å²) in [5.74, 6) is 3.23. The molecule has 2 aliphatic rings. The molecular formula is C10H19NO. The van der Waals surface area contributed by atoms with E-state index >= 15 is 0 Å². The fourth-order valence-corrected chi connectivity index (χ4v) is 2.49. The van der Waals surface area contributed by atoms with Gasteiger partial charge in [-0.3, -0.25) is 0 Å². The summed E-state index contributed by atoms with van der Waals surface area (Å²) in [6.07, 6.45) is 4.52. The average Bonchev–Trinajstić information content (AvgIpc) is 2.69. The topological polar surface area (TPSA) is 21.3 Å². The molecule has 70 valence electrons. The molecule has 0 spiro atoms. The molecule has 2 rings (SSSR count). The summed E-state index contributed by atoms with van der Waals surface area (Å²) in [5, 5.41) is 3.44. The third-order valence-electron chi connectivity index (χ3n) is 3.26. The minimum absolute atomic E-state index is 0.847. The summed E-state index contributed by atoms with van der Waals surface area (Å²) in [6.45, 7) is 3.08. The van der Waals surface area contributed by atoms with E-state index < -0.39 is 0 Å². The standard InChI is InChI=1S/C10H19NO/c1-12-3-2-11-7-8-4-9-6-10(9)5-8/h8-11H,2-7H2,1H3. The van der Waals surface area contributed by atoms with E-state index in [1.165, 1.54) is 25.8 Å². The average molecular weight is 169 g/mol. The summed E-state index contributed by atoms with van der Waals surface area (Å²) >= 11 is 0. The van der Waals surface area contributed by atoms with E-state index in [1.54, 1.807) is 7.11 Å². The van der Waals surface area contributed by atoms with Crippen molar-refractivity contribution in [2.45, 2.75) is 19.3 Å². The number of methoxy groups -OCH3 is 1. The van der Waals surface area contributed by atoms with Crippen molar-refractivity contribution in [3.05, 3.63) is 0 Å². The SMILES string of the molecule is COCCNCC1CC2CC2C1. The molecule has 0 aromatic carbocycles. The van der Waals surface area contributed by atoms with E-state index in [2.05, 4.69) is 5.32 Å². The van der Waals surface area contributed by atoms with Crippen molar-refractivity contribution in [2.24, 2.45) is 17.8 Å². The molecule has 2 saturated carbocycles. The smallest absolute Gasteiger partial charge is 0.0587 e. The molecule has 2 unspecified atom stereocenters. The van der Waals surface area contributed by atoms with Gasteiger partial charge in [-0.2, -0.15) is 0 Å². The maximum atomic E-state index is 4.97. The lowest BCUT2D eigenvalue weighted by atomic mass is 10.0. The molecule has 0 bridgehead atoms. The maximum absolute atomic E-state index is 4.97. The molecule has 2 nitrogen and oxygen atoms in total. The summed E-state index contributed by atoms with van der Waals surface area (Å²) in [6, 6.07) is 0. The highest BCUT2D eigenvalue weighted by molar-refractivity contribution is 4.96. The zero-order chi connectivity index (χ0) is 8.39. The second kappa shape index (κ2) is 3.75. The quantitative estimate of drug-likeness (QED) is 0.626. The molecule has 0 aromatic rings. The molecule has 0 radical (unpaired) electrons. The molecule has 2 heteroatoms. The van der Waals surface area contributed by atoms with Crippen LogP contribution in [0.2, 0.25) is 0 Å². The molecule has 0 saturated heterocycles. The molecular weight excluding hydrogens is 150 g/mol.